The minimum Gasteiger partial charge on any atom is -0.497 e. The van der Waals surface area contributed by atoms with E-state index >= 15 is 0 Å². The number of carbonyl (C=O) groups is 1. The molecule has 0 saturated carbocycles. The molecule has 8 nitrogen and oxygen atoms in total. The van der Waals surface area contributed by atoms with E-state index in [1.165, 1.54) is 0 Å². The molecule has 4 rings (SSSR count). The van der Waals surface area contributed by atoms with Crippen molar-refractivity contribution < 1.29 is 18.8 Å². The quantitative estimate of drug-likeness (QED) is 0.489. The summed E-state index contributed by atoms with van der Waals surface area (Å²) in [6.07, 6.45) is 0.876. The summed E-state index contributed by atoms with van der Waals surface area (Å²) in [5.74, 6) is 2.68. The van der Waals surface area contributed by atoms with E-state index in [9.17, 15) is 4.79 Å². The second-order valence-corrected chi connectivity index (χ2v) is 8.65. The molecule has 1 aromatic heterocycles. The van der Waals surface area contributed by atoms with Crippen LogP contribution in [0.4, 0.5) is 4.79 Å². The zero-order valence-electron chi connectivity index (χ0n) is 20.2. The molecular weight excluding hydrogens is 432 g/mol. The molecule has 1 unspecified atom stereocenters. The molecule has 0 fully saturated rings. The first-order valence-corrected chi connectivity index (χ1v) is 11.3. The molecule has 0 aliphatic carbocycles. The van der Waals surface area contributed by atoms with Gasteiger partial charge in [-0.05, 0) is 49.1 Å². The Balaban J connectivity index is 1.79. The van der Waals surface area contributed by atoms with Gasteiger partial charge in [0, 0.05) is 17.8 Å². The number of urea groups is 1. The Morgan fingerprint density at radius 3 is 2.50 bits per heavy atom. The fourth-order valence-corrected chi connectivity index (χ4v) is 4.00. The number of ether oxygens (including phenoxy) is 2. The Bertz CT molecular complexity index is 1200. The zero-order chi connectivity index (χ0) is 24.2. The van der Waals surface area contributed by atoms with Gasteiger partial charge in [0.25, 0.3) is 5.89 Å². The highest BCUT2D eigenvalue weighted by Crippen LogP contribution is 2.38. The summed E-state index contributed by atoms with van der Waals surface area (Å²) < 4.78 is 16.5. The number of hydrogen-bond acceptors (Lipinski definition) is 6. The van der Waals surface area contributed by atoms with E-state index in [2.05, 4.69) is 24.3 Å². The molecule has 2 aromatic carbocycles. The van der Waals surface area contributed by atoms with Crippen LogP contribution < -0.4 is 14.8 Å². The molecule has 1 aliphatic heterocycles. The van der Waals surface area contributed by atoms with E-state index in [1.54, 1.807) is 19.1 Å². The van der Waals surface area contributed by atoms with Gasteiger partial charge in [-0.2, -0.15) is 4.98 Å². The van der Waals surface area contributed by atoms with Crippen molar-refractivity contribution in [1.29, 1.82) is 0 Å². The molecule has 8 heteroatoms. The highest BCUT2D eigenvalue weighted by molar-refractivity contribution is 5.87. The van der Waals surface area contributed by atoms with Crippen LogP contribution in [0.15, 0.2) is 58.8 Å². The minimum absolute atomic E-state index is 0.151. The molecule has 1 N–H and O–H groups in total. The average molecular weight is 463 g/mol. The second kappa shape index (κ2) is 9.99. The van der Waals surface area contributed by atoms with Gasteiger partial charge in [-0.1, -0.05) is 43.3 Å². The van der Waals surface area contributed by atoms with Crippen molar-refractivity contribution in [2.45, 2.75) is 33.2 Å². The van der Waals surface area contributed by atoms with Crippen LogP contribution in [0.5, 0.6) is 11.5 Å². The van der Waals surface area contributed by atoms with Gasteiger partial charge in [-0.25, -0.2) is 4.79 Å². The number of benzene rings is 2. The third-order valence-corrected chi connectivity index (χ3v) is 5.94. The standard InChI is InChI=1S/C26H30N4O4/c1-16(2)12-13-30-17(3)22(23(27-26(30)31)18-8-6-10-20(14-18)32-4)25-28-24(29-34-25)19-9-7-11-21(15-19)33-5/h6-11,14-16,23H,12-13H2,1-5H3,(H,27,31). The van der Waals surface area contributed by atoms with Crippen molar-refractivity contribution in [3.8, 4) is 22.9 Å². The summed E-state index contributed by atoms with van der Waals surface area (Å²) in [7, 11) is 3.23. The summed E-state index contributed by atoms with van der Waals surface area (Å²) in [6.45, 7) is 6.80. The largest absolute Gasteiger partial charge is 0.497 e. The first-order chi connectivity index (χ1) is 16.4. The maximum atomic E-state index is 13.1. The number of carbonyl (C=O) groups excluding carboxylic acids is 1. The molecule has 34 heavy (non-hydrogen) atoms. The van der Waals surface area contributed by atoms with E-state index in [0.29, 0.717) is 35.7 Å². The lowest BCUT2D eigenvalue weighted by Crippen LogP contribution is -2.46. The second-order valence-electron chi connectivity index (χ2n) is 8.65. The molecule has 0 bridgehead atoms. The van der Waals surface area contributed by atoms with Gasteiger partial charge < -0.3 is 19.3 Å². The number of rotatable bonds is 8. The molecule has 1 atom stereocenters. The molecular formula is C26H30N4O4. The first kappa shape index (κ1) is 23.4. The number of nitrogens with zero attached hydrogens (tertiary/aromatic N) is 3. The molecule has 178 valence electrons. The topological polar surface area (TPSA) is 89.7 Å². The summed E-state index contributed by atoms with van der Waals surface area (Å²) in [5, 5.41) is 7.35. The van der Waals surface area contributed by atoms with Gasteiger partial charge >= 0.3 is 6.03 Å². The van der Waals surface area contributed by atoms with Crippen molar-refractivity contribution in [3.05, 3.63) is 65.7 Å². The lowest BCUT2D eigenvalue weighted by atomic mass is 9.94. The Kier molecular flexibility index (Phi) is 6.86. The molecule has 0 spiro atoms. The number of allylic oxidation sites excluding steroid dienone is 1. The third kappa shape index (κ3) is 4.76. The van der Waals surface area contributed by atoms with Crippen LogP contribution in [0.25, 0.3) is 17.0 Å². The van der Waals surface area contributed by atoms with E-state index in [0.717, 1.165) is 28.8 Å². The lowest BCUT2D eigenvalue weighted by molar-refractivity contribution is 0.202. The summed E-state index contributed by atoms with van der Waals surface area (Å²) in [4.78, 5) is 19.6. The molecule has 2 heterocycles. The monoisotopic (exact) mass is 462 g/mol. The van der Waals surface area contributed by atoms with Gasteiger partial charge in [-0.15, -0.1) is 0 Å². The Labute approximate surface area is 199 Å². The van der Waals surface area contributed by atoms with Crippen LogP contribution in [-0.2, 0) is 0 Å². The minimum atomic E-state index is -0.462. The van der Waals surface area contributed by atoms with Gasteiger partial charge in [0.05, 0.1) is 25.8 Å². The van der Waals surface area contributed by atoms with Crippen LogP contribution in [0, 0.1) is 5.92 Å². The van der Waals surface area contributed by atoms with Crippen molar-refractivity contribution >= 4 is 11.6 Å². The van der Waals surface area contributed by atoms with Crippen LogP contribution >= 0.6 is 0 Å². The summed E-state index contributed by atoms with van der Waals surface area (Å²) >= 11 is 0. The highest BCUT2D eigenvalue weighted by Gasteiger charge is 2.35. The van der Waals surface area contributed by atoms with E-state index < -0.39 is 6.04 Å². The molecule has 0 radical (unpaired) electrons. The number of amides is 2. The number of methoxy groups -OCH3 is 2. The van der Waals surface area contributed by atoms with Crippen molar-refractivity contribution in [3.63, 3.8) is 0 Å². The Hall–Kier alpha value is -3.81. The fraction of sp³-hybridized carbons (Fsp3) is 0.346. The van der Waals surface area contributed by atoms with Crippen LogP contribution in [0.1, 0.15) is 44.7 Å². The zero-order valence-corrected chi connectivity index (χ0v) is 20.2. The fourth-order valence-electron chi connectivity index (χ4n) is 4.00. The average Bonchev–Trinajstić information content (AvgIpc) is 3.33. The Morgan fingerprint density at radius 2 is 1.79 bits per heavy atom. The van der Waals surface area contributed by atoms with E-state index in [4.69, 9.17) is 19.0 Å². The van der Waals surface area contributed by atoms with Crippen LogP contribution in [0.3, 0.4) is 0 Å². The SMILES string of the molecule is COc1cccc(-c2noc(C3=C(C)N(CCC(C)C)C(=O)NC3c3cccc(OC)c3)n2)c1. The molecule has 0 saturated heterocycles. The molecule has 3 aromatic rings. The van der Waals surface area contributed by atoms with Gasteiger partial charge in [0.15, 0.2) is 0 Å². The lowest BCUT2D eigenvalue weighted by Gasteiger charge is -2.35. The maximum absolute atomic E-state index is 13.1. The maximum Gasteiger partial charge on any atom is 0.322 e. The first-order valence-electron chi connectivity index (χ1n) is 11.3. The number of hydrogen-bond donors (Lipinski definition) is 1. The number of nitrogens with one attached hydrogen (secondary N) is 1. The molecule has 1 aliphatic rings. The number of aromatic nitrogens is 2. The smallest absolute Gasteiger partial charge is 0.322 e. The van der Waals surface area contributed by atoms with Crippen LogP contribution in [-0.4, -0.2) is 41.8 Å². The normalized spacial score (nSPS) is 16.1. The van der Waals surface area contributed by atoms with Gasteiger partial charge in [0.1, 0.15) is 11.5 Å². The highest BCUT2D eigenvalue weighted by atomic mass is 16.5. The Morgan fingerprint density at radius 1 is 1.09 bits per heavy atom. The molecule has 2 amide bonds. The van der Waals surface area contributed by atoms with Gasteiger partial charge in [0.2, 0.25) is 5.82 Å². The van der Waals surface area contributed by atoms with Crippen molar-refractivity contribution in [1.82, 2.24) is 20.4 Å². The van der Waals surface area contributed by atoms with Crippen molar-refractivity contribution in [2.24, 2.45) is 5.92 Å². The predicted molar refractivity (Wildman–Crippen MR) is 129 cm³/mol. The van der Waals surface area contributed by atoms with E-state index in [-0.39, 0.29) is 6.03 Å². The summed E-state index contributed by atoms with van der Waals surface area (Å²) in [5.41, 5.74) is 3.20. The predicted octanol–water partition coefficient (Wildman–Crippen LogP) is 5.30. The van der Waals surface area contributed by atoms with Crippen LogP contribution in [0.2, 0.25) is 0 Å². The van der Waals surface area contributed by atoms with E-state index in [1.807, 2.05) is 55.5 Å². The third-order valence-electron chi connectivity index (χ3n) is 5.94. The van der Waals surface area contributed by atoms with Gasteiger partial charge in [-0.3, -0.25) is 4.90 Å². The van der Waals surface area contributed by atoms with Crippen molar-refractivity contribution in [2.75, 3.05) is 20.8 Å². The summed E-state index contributed by atoms with van der Waals surface area (Å²) in [6, 6.07) is 14.5.